The van der Waals surface area contributed by atoms with Crippen LogP contribution in [0.1, 0.15) is 19.8 Å². The monoisotopic (exact) mass is 369 g/mol. The summed E-state index contributed by atoms with van der Waals surface area (Å²) in [6, 6.07) is 6.42. The van der Waals surface area contributed by atoms with Gasteiger partial charge in [-0.25, -0.2) is 4.98 Å². The number of rotatable bonds is 4. The normalized spacial score (nSPS) is 22.6. The summed E-state index contributed by atoms with van der Waals surface area (Å²) in [5.74, 6) is 2.27. The average Bonchev–Trinajstić information content (AvgIpc) is 2.71. The number of likely N-dealkylation sites (tertiary alicyclic amines) is 1. The number of amides is 1. The van der Waals surface area contributed by atoms with Crippen molar-refractivity contribution in [3.63, 3.8) is 0 Å². The van der Waals surface area contributed by atoms with Crippen LogP contribution in [0.3, 0.4) is 0 Å². The molecule has 0 unspecified atom stereocenters. The lowest BCUT2D eigenvalue weighted by molar-refractivity contribution is -0.139. The molecule has 146 valence electrons. The van der Waals surface area contributed by atoms with Gasteiger partial charge in [-0.15, -0.1) is 0 Å². The van der Waals surface area contributed by atoms with Crippen molar-refractivity contribution in [2.45, 2.75) is 19.8 Å². The molecule has 1 amide bonds. The first-order valence-corrected chi connectivity index (χ1v) is 10.2. The van der Waals surface area contributed by atoms with E-state index in [-0.39, 0.29) is 5.91 Å². The summed E-state index contributed by atoms with van der Waals surface area (Å²) in [6.45, 7) is 15.1. The zero-order valence-electron chi connectivity index (χ0n) is 16.4. The van der Waals surface area contributed by atoms with Gasteiger partial charge in [-0.05, 0) is 37.6 Å². The van der Waals surface area contributed by atoms with Crippen LogP contribution in [0.5, 0.6) is 0 Å². The highest BCUT2D eigenvalue weighted by Gasteiger charge is 2.46. The molecule has 0 N–H and O–H groups in total. The van der Waals surface area contributed by atoms with E-state index in [2.05, 4.69) is 46.4 Å². The van der Waals surface area contributed by atoms with E-state index in [1.807, 2.05) is 4.90 Å². The summed E-state index contributed by atoms with van der Waals surface area (Å²) in [5.41, 5.74) is 0.323. The van der Waals surface area contributed by atoms with E-state index < -0.39 is 0 Å². The lowest BCUT2D eigenvalue weighted by atomic mass is 9.72. The Balaban J connectivity index is 1.34. The molecule has 6 nitrogen and oxygen atoms in total. The molecule has 0 bridgehead atoms. The summed E-state index contributed by atoms with van der Waals surface area (Å²) in [7, 11) is 0. The number of likely N-dealkylation sites (N-methyl/N-ethyl adjacent to an activating group) is 1. The van der Waals surface area contributed by atoms with Crippen LogP contribution in [0.25, 0.3) is 0 Å². The second kappa shape index (κ2) is 7.50. The van der Waals surface area contributed by atoms with Crippen LogP contribution < -0.4 is 9.80 Å². The molecule has 4 rings (SSSR count). The predicted molar refractivity (Wildman–Crippen MR) is 109 cm³/mol. The third kappa shape index (κ3) is 3.68. The van der Waals surface area contributed by atoms with Gasteiger partial charge in [0.1, 0.15) is 11.6 Å². The van der Waals surface area contributed by atoms with Gasteiger partial charge >= 0.3 is 0 Å². The molecule has 0 atom stereocenters. The Morgan fingerprint density at radius 3 is 2.22 bits per heavy atom. The van der Waals surface area contributed by atoms with Gasteiger partial charge in [0, 0.05) is 57.8 Å². The van der Waals surface area contributed by atoms with E-state index in [1.165, 1.54) is 6.08 Å². The molecule has 0 saturated carbocycles. The molecule has 0 radical (unpaired) electrons. The SMILES string of the molecule is C=CC(=O)N1CC2(CCN(c3cccc(N4CCN(CC)CC4)n3)CC2)C1. The van der Waals surface area contributed by atoms with Gasteiger partial charge < -0.3 is 19.6 Å². The number of carbonyl (C=O) groups excluding carboxylic acids is 1. The number of hydrogen-bond donors (Lipinski definition) is 0. The summed E-state index contributed by atoms with van der Waals surface area (Å²) in [4.78, 5) is 25.9. The predicted octanol–water partition coefficient (Wildman–Crippen LogP) is 1.84. The number of hydrogen-bond acceptors (Lipinski definition) is 5. The maximum Gasteiger partial charge on any atom is 0.245 e. The van der Waals surface area contributed by atoms with Crippen molar-refractivity contribution in [3.05, 3.63) is 30.9 Å². The van der Waals surface area contributed by atoms with Crippen molar-refractivity contribution in [2.24, 2.45) is 5.41 Å². The standard InChI is InChI=1S/C21H31N5O/c1-3-20(27)26-16-21(17-26)8-10-24(11-9-21)18-6-5-7-19(22-18)25-14-12-23(4-2)13-15-25/h3,5-7H,1,4,8-17H2,2H3. The van der Waals surface area contributed by atoms with Crippen molar-refractivity contribution in [1.29, 1.82) is 0 Å². The molecule has 3 aliphatic heterocycles. The minimum Gasteiger partial charge on any atom is -0.357 e. The lowest BCUT2D eigenvalue weighted by Gasteiger charge is -2.53. The second-order valence-corrected chi connectivity index (χ2v) is 8.16. The molecule has 1 spiro atoms. The molecule has 3 aliphatic rings. The van der Waals surface area contributed by atoms with E-state index in [0.717, 1.165) is 83.4 Å². The van der Waals surface area contributed by atoms with Crippen LogP contribution in [-0.4, -0.2) is 79.6 Å². The smallest absolute Gasteiger partial charge is 0.245 e. The Bertz CT molecular complexity index is 682. The zero-order valence-corrected chi connectivity index (χ0v) is 16.4. The maximum absolute atomic E-state index is 11.7. The average molecular weight is 370 g/mol. The quantitative estimate of drug-likeness (QED) is 0.758. The third-order valence-electron chi connectivity index (χ3n) is 6.55. The Hall–Kier alpha value is -2.08. The third-order valence-corrected chi connectivity index (χ3v) is 6.55. The number of piperazine rings is 1. The van der Waals surface area contributed by atoms with Crippen LogP contribution in [0, 0.1) is 5.41 Å². The highest BCUT2D eigenvalue weighted by Crippen LogP contribution is 2.41. The highest BCUT2D eigenvalue weighted by atomic mass is 16.2. The fraction of sp³-hybridized carbons (Fsp3) is 0.619. The number of carbonyl (C=O) groups is 1. The summed E-state index contributed by atoms with van der Waals surface area (Å²) < 4.78 is 0. The number of pyridine rings is 1. The van der Waals surface area contributed by atoms with E-state index in [9.17, 15) is 4.79 Å². The van der Waals surface area contributed by atoms with Gasteiger partial charge in [-0.2, -0.15) is 0 Å². The summed E-state index contributed by atoms with van der Waals surface area (Å²) in [5, 5.41) is 0. The fourth-order valence-electron chi connectivity index (χ4n) is 4.63. The minimum absolute atomic E-state index is 0.0700. The van der Waals surface area contributed by atoms with Gasteiger partial charge in [0.2, 0.25) is 5.91 Å². The molecule has 1 aromatic heterocycles. The summed E-state index contributed by atoms with van der Waals surface area (Å²) >= 11 is 0. The molecular weight excluding hydrogens is 338 g/mol. The van der Waals surface area contributed by atoms with Crippen LogP contribution in [-0.2, 0) is 4.79 Å². The van der Waals surface area contributed by atoms with Gasteiger partial charge in [0.15, 0.2) is 0 Å². The highest BCUT2D eigenvalue weighted by molar-refractivity contribution is 5.87. The van der Waals surface area contributed by atoms with Gasteiger partial charge in [-0.3, -0.25) is 4.79 Å². The number of anilines is 2. The van der Waals surface area contributed by atoms with Crippen LogP contribution in [0.4, 0.5) is 11.6 Å². The first kappa shape index (κ1) is 18.3. The van der Waals surface area contributed by atoms with Gasteiger partial charge in [-0.1, -0.05) is 19.6 Å². The molecular formula is C21H31N5O. The van der Waals surface area contributed by atoms with Gasteiger partial charge in [0.25, 0.3) is 0 Å². The molecule has 6 heteroatoms. The topological polar surface area (TPSA) is 42.9 Å². The van der Waals surface area contributed by atoms with E-state index in [4.69, 9.17) is 4.98 Å². The van der Waals surface area contributed by atoms with Gasteiger partial charge in [0.05, 0.1) is 0 Å². The van der Waals surface area contributed by atoms with E-state index >= 15 is 0 Å². The molecule has 3 fully saturated rings. The van der Waals surface area contributed by atoms with Crippen molar-refractivity contribution >= 4 is 17.5 Å². The molecule has 27 heavy (non-hydrogen) atoms. The molecule has 1 aromatic rings. The molecule has 0 aliphatic carbocycles. The Morgan fingerprint density at radius 2 is 1.67 bits per heavy atom. The van der Waals surface area contributed by atoms with Crippen molar-refractivity contribution in [3.8, 4) is 0 Å². The first-order valence-electron chi connectivity index (χ1n) is 10.2. The Morgan fingerprint density at radius 1 is 1.07 bits per heavy atom. The number of piperidine rings is 1. The lowest BCUT2D eigenvalue weighted by Crippen LogP contribution is -2.61. The molecule has 3 saturated heterocycles. The van der Waals surface area contributed by atoms with Crippen molar-refractivity contribution in [1.82, 2.24) is 14.8 Å². The molecule has 4 heterocycles. The van der Waals surface area contributed by atoms with Crippen molar-refractivity contribution < 1.29 is 4.79 Å². The number of aromatic nitrogens is 1. The van der Waals surface area contributed by atoms with Crippen LogP contribution in [0.2, 0.25) is 0 Å². The van der Waals surface area contributed by atoms with E-state index in [1.54, 1.807) is 0 Å². The molecule has 0 aromatic carbocycles. The minimum atomic E-state index is 0.0700. The van der Waals surface area contributed by atoms with Crippen LogP contribution >= 0.6 is 0 Å². The largest absolute Gasteiger partial charge is 0.357 e. The Kier molecular flexibility index (Phi) is 5.08. The zero-order chi connectivity index (χ0) is 18.9. The number of nitrogens with zero attached hydrogens (tertiary/aromatic N) is 5. The van der Waals surface area contributed by atoms with E-state index in [0.29, 0.717) is 5.41 Å². The Labute approximate surface area is 162 Å². The second-order valence-electron chi connectivity index (χ2n) is 8.16. The fourth-order valence-corrected chi connectivity index (χ4v) is 4.63. The summed E-state index contributed by atoms with van der Waals surface area (Å²) in [6.07, 6.45) is 3.70. The van der Waals surface area contributed by atoms with Crippen LogP contribution in [0.15, 0.2) is 30.9 Å². The van der Waals surface area contributed by atoms with Crippen molar-refractivity contribution in [2.75, 3.05) is 68.7 Å². The maximum atomic E-state index is 11.7. The first-order chi connectivity index (χ1) is 13.1.